The van der Waals surface area contributed by atoms with E-state index in [1.54, 1.807) is 0 Å². The molecule has 0 nitrogen and oxygen atoms in total. The molecule has 0 aromatic carbocycles. The molecule has 2 aliphatic rings. The van der Waals surface area contributed by atoms with E-state index in [4.69, 9.17) is 0 Å². The Balaban J connectivity index is -0.000000422. The summed E-state index contributed by atoms with van der Waals surface area (Å²) in [5.41, 5.74) is 1.53. The molecule has 0 heteroatoms. The average Bonchev–Trinajstić information content (AvgIpc) is 2.40. The van der Waals surface area contributed by atoms with E-state index in [9.17, 15) is 0 Å². The molecule has 0 saturated heterocycles. The van der Waals surface area contributed by atoms with Gasteiger partial charge in [-0.15, -0.1) is 0 Å². The van der Waals surface area contributed by atoms with Crippen molar-refractivity contribution >= 4 is 0 Å². The molecule has 0 radical (unpaired) electrons. The predicted molar refractivity (Wildman–Crippen MR) is 79.9 cm³/mol. The Labute approximate surface area is 106 Å². The smallest absolute Gasteiger partial charge is 0.00611 e. The molecule has 0 N–H and O–H groups in total. The van der Waals surface area contributed by atoms with E-state index in [2.05, 4.69) is 39.8 Å². The van der Waals surface area contributed by atoms with Crippen LogP contribution in [0, 0.1) is 16.2 Å². The van der Waals surface area contributed by atoms with Gasteiger partial charge in [-0.1, -0.05) is 69.6 Å². The molecule has 0 heterocycles. The molecule has 2 rings (SSSR count). The highest BCUT2D eigenvalue weighted by Gasteiger charge is 2.53. The Kier molecular flexibility index (Phi) is 7.09. The van der Waals surface area contributed by atoms with E-state index in [0.29, 0.717) is 16.2 Å². The summed E-state index contributed by atoms with van der Waals surface area (Å²) in [5.74, 6) is 0. The molecule has 0 amide bonds. The van der Waals surface area contributed by atoms with Crippen LogP contribution in [0.25, 0.3) is 0 Å². The predicted octanol–water partition coefficient (Wildman–Crippen LogP) is 6.32. The van der Waals surface area contributed by atoms with Gasteiger partial charge in [-0.05, 0) is 35.5 Å². The Bertz CT molecular complexity index is 231. The molecule has 2 bridgehead atoms. The maximum atomic E-state index is 2.50. The van der Waals surface area contributed by atoms with Crippen molar-refractivity contribution in [3.8, 4) is 0 Å². The standard InChI is InChI=1S/C12H20.4CH4/c1-10(2,3)12-7-5-11(4,9-12)6-8-12;;;;/h5,7H,6,8-9H2,1-4H3;4*1H4. The number of hydrogen-bond donors (Lipinski definition) is 0. The fourth-order valence-corrected chi connectivity index (χ4v) is 2.94. The van der Waals surface area contributed by atoms with E-state index in [1.165, 1.54) is 19.3 Å². The summed E-state index contributed by atoms with van der Waals surface area (Å²) in [4.78, 5) is 0. The van der Waals surface area contributed by atoms with Crippen molar-refractivity contribution in [2.24, 2.45) is 16.2 Å². The number of hydrogen-bond acceptors (Lipinski definition) is 0. The van der Waals surface area contributed by atoms with Gasteiger partial charge < -0.3 is 0 Å². The first-order chi connectivity index (χ1) is 5.37. The first-order valence-electron chi connectivity index (χ1n) is 5.07. The van der Waals surface area contributed by atoms with Gasteiger partial charge in [-0.2, -0.15) is 0 Å². The van der Waals surface area contributed by atoms with Crippen molar-refractivity contribution in [1.82, 2.24) is 0 Å². The van der Waals surface area contributed by atoms with Crippen LogP contribution in [0.5, 0.6) is 0 Å². The van der Waals surface area contributed by atoms with Crippen molar-refractivity contribution in [2.45, 2.75) is 76.7 Å². The van der Waals surface area contributed by atoms with Crippen molar-refractivity contribution in [3.05, 3.63) is 12.2 Å². The molecule has 2 unspecified atom stereocenters. The van der Waals surface area contributed by atoms with Gasteiger partial charge in [-0.25, -0.2) is 0 Å². The van der Waals surface area contributed by atoms with E-state index in [-0.39, 0.29) is 29.7 Å². The van der Waals surface area contributed by atoms with Gasteiger partial charge in [0.25, 0.3) is 0 Å². The Hall–Kier alpha value is -0.260. The monoisotopic (exact) mass is 228 g/mol. The van der Waals surface area contributed by atoms with Crippen LogP contribution >= 0.6 is 0 Å². The van der Waals surface area contributed by atoms with Crippen LogP contribution in [0.15, 0.2) is 12.2 Å². The van der Waals surface area contributed by atoms with Gasteiger partial charge in [0.2, 0.25) is 0 Å². The van der Waals surface area contributed by atoms with Gasteiger partial charge in [-0.3, -0.25) is 0 Å². The Morgan fingerprint density at radius 3 is 1.50 bits per heavy atom. The quantitative estimate of drug-likeness (QED) is 0.425. The van der Waals surface area contributed by atoms with Crippen LogP contribution in [0.3, 0.4) is 0 Å². The van der Waals surface area contributed by atoms with Crippen LogP contribution in [-0.4, -0.2) is 0 Å². The first-order valence-corrected chi connectivity index (χ1v) is 5.07. The molecule has 0 aromatic heterocycles. The van der Waals surface area contributed by atoms with Crippen LogP contribution in [0.2, 0.25) is 0 Å². The summed E-state index contributed by atoms with van der Waals surface area (Å²) in [7, 11) is 0. The summed E-state index contributed by atoms with van der Waals surface area (Å²) >= 11 is 0. The van der Waals surface area contributed by atoms with Crippen molar-refractivity contribution in [3.63, 3.8) is 0 Å². The lowest BCUT2D eigenvalue weighted by atomic mass is 9.66. The topological polar surface area (TPSA) is 0 Å². The normalized spacial score (nSPS) is 34.2. The minimum absolute atomic E-state index is 0. The number of fused-ring (bicyclic) bond motifs is 2. The lowest BCUT2D eigenvalue weighted by Crippen LogP contribution is -2.29. The third-order valence-corrected chi connectivity index (χ3v) is 4.16. The Morgan fingerprint density at radius 1 is 0.875 bits per heavy atom. The Morgan fingerprint density at radius 2 is 1.38 bits per heavy atom. The summed E-state index contributed by atoms with van der Waals surface area (Å²) < 4.78 is 0. The van der Waals surface area contributed by atoms with Crippen LogP contribution in [0.1, 0.15) is 76.7 Å². The molecule has 0 aromatic rings. The van der Waals surface area contributed by atoms with E-state index in [0.717, 1.165) is 0 Å². The zero-order chi connectivity index (χ0) is 9.04. The zero-order valence-corrected chi connectivity index (χ0v) is 8.78. The largest absolute Gasteiger partial charge is 0.0820 e. The van der Waals surface area contributed by atoms with Crippen molar-refractivity contribution in [1.29, 1.82) is 0 Å². The highest BCUT2D eigenvalue weighted by Crippen LogP contribution is 2.63. The molecular weight excluding hydrogens is 192 g/mol. The van der Waals surface area contributed by atoms with Gasteiger partial charge in [0, 0.05) is 0 Å². The lowest BCUT2D eigenvalue weighted by molar-refractivity contribution is 0.153. The summed E-state index contributed by atoms with van der Waals surface area (Å²) in [6.45, 7) is 9.56. The van der Waals surface area contributed by atoms with E-state index < -0.39 is 0 Å². The molecule has 100 valence electrons. The summed E-state index contributed by atoms with van der Waals surface area (Å²) in [6, 6.07) is 0. The molecule has 2 atom stereocenters. The highest BCUT2D eigenvalue weighted by molar-refractivity contribution is 5.23. The molecule has 0 aliphatic heterocycles. The van der Waals surface area contributed by atoms with Gasteiger partial charge >= 0.3 is 0 Å². The third-order valence-electron chi connectivity index (χ3n) is 4.16. The van der Waals surface area contributed by atoms with Crippen molar-refractivity contribution in [2.75, 3.05) is 0 Å². The second kappa shape index (κ2) is 5.38. The van der Waals surface area contributed by atoms with Crippen LogP contribution < -0.4 is 0 Å². The molecule has 2 aliphatic carbocycles. The fraction of sp³-hybridized carbons (Fsp3) is 0.875. The maximum Gasteiger partial charge on any atom is -0.00611 e. The minimum Gasteiger partial charge on any atom is -0.0820 e. The third kappa shape index (κ3) is 2.70. The molecule has 16 heavy (non-hydrogen) atoms. The first kappa shape index (κ1) is 21.1. The second-order valence-corrected chi connectivity index (χ2v) is 6.07. The van der Waals surface area contributed by atoms with Crippen molar-refractivity contribution < 1.29 is 0 Å². The fourth-order valence-electron chi connectivity index (χ4n) is 2.94. The summed E-state index contributed by atoms with van der Waals surface area (Å²) in [5, 5.41) is 0. The van der Waals surface area contributed by atoms with Crippen LogP contribution in [-0.2, 0) is 0 Å². The molecule has 1 fully saturated rings. The SMILES string of the molecule is C.C.C.C.CC12C=CC(C(C)(C)C)(CC1)C2. The number of allylic oxidation sites excluding steroid dienone is 2. The van der Waals surface area contributed by atoms with Gasteiger partial charge in [0.05, 0.1) is 0 Å². The van der Waals surface area contributed by atoms with E-state index in [1.807, 2.05) is 0 Å². The lowest BCUT2D eigenvalue weighted by Gasteiger charge is -2.38. The van der Waals surface area contributed by atoms with Gasteiger partial charge in [0.15, 0.2) is 0 Å². The van der Waals surface area contributed by atoms with E-state index >= 15 is 0 Å². The molecular formula is C16H36. The minimum atomic E-state index is 0. The number of rotatable bonds is 0. The van der Waals surface area contributed by atoms with Gasteiger partial charge in [0.1, 0.15) is 0 Å². The highest BCUT2D eigenvalue weighted by atomic mass is 14.6. The van der Waals surface area contributed by atoms with Crippen LogP contribution in [0.4, 0.5) is 0 Å². The summed E-state index contributed by atoms with van der Waals surface area (Å²) in [6.07, 6.45) is 9.16. The maximum absolute atomic E-state index is 2.50. The zero-order valence-electron chi connectivity index (χ0n) is 8.78. The second-order valence-electron chi connectivity index (χ2n) is 6.07. The molecule has 0 spiro atoms. The average molecular weight is 228 g/mol. The molecule has 1 saturated carbocycles.